The van der Waals surface area contributed by atoms with Gasteiger partial charge in [0.05, 0.1) is 0 Å². The largest absolute Gasteiger partial charge is 0.465 e. The van der Waals surface area contributed by atoms with E-state index in [4.69, 9.17) is 10.8 Å². The minimum atomic E-state index is -1.02. The minimum Gasteiger partial charge on any atom is -0.465 e. The number of amides is 1. The van der Waals surface area contributed by atoms with Gasteiger partial charge in [0.2, 0.25) is 0 Å². The topological polar surface area (TPSA) is 90.6 Å². The summed E-state index contributed by atoms with van der Waals surface area (Å²) >= 11 is 0. The molecule has 0 unspecified atom stereocenters. The SMILES string of the molecule is Nc1ccc(N2CCNCC2)c(CNC(=O)O)c1. The molecule has 0 saturated carbocycles. The van der Waals surface area contributed by atoms with Crippen molar-refractivity contribution >= 4 is 17.5 Å². The van der Waals surface area contributed by atoms with E-state index in [1.54, 1.807) is 0 Å². The van der Waals surface area contributed by atoms with Gasteiger partial charge in [-0.1, -0.05) is 0 Å². The first kappa shape index (κ1) is 12.5. The first-order chi connectivity index (χ1) is 8.66. The maximum Gasteiger partial charge on any atom is 0.404 e. The molecule has 5 N–H and O–H groups in total. The molecule has 0 bridgehead atoms. The first-order valence-electron chi connectivity index (χ1n) is 5.97. The predicted molar refractivity (Wildman–Crippen MR) is 70.8 cm³/mol. The number of carboxylic acid groups (broad SMARTS) is 1. The van der Waals surface area contributed by atoms with Crippen LogP contribution in [0.15, 0.2) is 18.2 Å². The van der Waals surface area contributed by atoms with Gasteiger partial charge in [-0.15, -0.1) is 0 Å². The van der Waals surface area contributed by atoms with Gasteiger partial charge in [-0.2, -0.15) is 0 Å². The van der Waals surface area contributed by atoms with Crippen LogP contribution >= 0.6 is 0 Å². The van der Waals surface area contributed by atoms with E-state index < -0.39 is 6.09 Å². The lowest BCUT2D eigenvalue weighted by Gasteiger charge is -2.31. The number of nitrogen functional groups attached to an aromatic ring is 1. The summed E-state index contributed by atoms with van der Waals surface area (Å²) in [5.74, 6) is 0. The first-order valence-corrected chi connectivity index (χ1v) is 5.97. The number of nitrogens with zero attached hydrogens (tertiary/aromatic N) is 1. The maximum atomic E-state index is 10.6. The summed E-state index contributed by atoms with van der Waals surface area (Å²) in [5, 5.41) is 14.4. The highest BCUT2D eigenvalue weighted by Gasteiger charge is 2.14. The molecule has 1 aliphatic heterocycles. The second kappa shape index (κ2) is 5.59. The van der Waals surface area contributed by atoms with Gasteiger partial charge in [0.1, 0.15) is 0 Å². The lowest BCUT2D eigenvalue weighted by Crippen LogP contribution is -2.44. The molecule has 18 heavy (non-hydrogen) atoms. The number of nitrogens with one attached hydrogen (secondary N) is 2. The molecule has 0 aliphatic carbocycles. The molecule has 1 heterocycles. The Morgan fingerprint density at radius 2 is 2.17 bits per heavy atom. The van der Waals surface area contributed by atoms with Crippen molar-refractivity contribution in [1.82, 2.24) is 10.6 Å². The number of benzene rings is 1. The van der Waals surface area contributed by atoms with Gasteiger partial charge in [0.25, 0.3) is 0 Å². The normalized spacial score (nSPS) is 15.4. The Bertz CT molecular complexity index is 430. The molecule has 2 rings (SSSR count). The predicted octanol–water partition coefficient (Wildman–Crippen LogP) is 0.446. The lowest BCUT2D eigenvalue weighted by atomic mass is 10.1. The van der Waals surface area contributed by atoms with Crippen molar-refractivity contribution in [2.24, 2.45) is 0 Å². The van der Waals surface area contributed by atoms with Crippen molar-refractivity contribution in [2.45, 2.75) is 6.54 Å². The van der Waals surface area contributed by atoms with E-state index in [1.165, 1.54) is 0 Å². The number of rotatable bonds is 3. The molecule has 1 amide bonds. The van der Waals surface area contributed by atoms with E-state index in [-0.39, 0.29) is 6.54 Å². The molecule has 98 valence electrons. The van der Waals surface area contributed by atoms with E-state index in [0.717, 1.165) is 37.4 Å². The van der Waals surface area contributed by atoms with Gasteiger partial charge in [-0.25, -0.2) is 4.79 Å². The fourth-order valence-corrected chi connectivity index (χ4v) is 2.13. The van der Waals surface area contributed by atoms with Crippen LogP contribution in [0, 0.1) is 0 Å². The molecule has 0 atom stereocenters. The smallest absolute Gasteiger partial charge is 0.404 e. The Balaban J connectivity index is 2.18. The molecular formula is C12H18N4O2. The van der Waals surface area contributed by atoms with Crippen LogP contribution in [0.25, 0.3) is 0 Å². The zero-order valence-electron chi connectivity index (χ0n) is 10.1. The van der Waals surface area contributed by atoms with Crippen LogP contribution in [0.1, 0.15) is 5.56 Å². The van der Waals surface area contributed by atoms with Gasteiger partial charge in [0.15, 0.2) is 0 Å². The van der Waals surface area contributed by atoms with Crippen molar-refractivity contribution in [2.75, 3.05) is 36.8 Å². The monoisotopic (exact) mass is 250 g/mol. The summed E-state index contributed by atoms with van der Waals surface area (Å²) < 4.78 is 0. The Kier molecular flexibility index (Phi) is 3.88. The second-order valence-corrected chi connectivity index (χ2v) is 4.28. The van der Waals surface area contributed by atoms with Crippen molar-refractivity contribution in [3.63, 3.8) is 0 Å². The average molecular weight is 250 g/mol. The Morgan fingerprint density at radius 1 is 1.44 bits per heavy atom. The third kappa shape index (κ3) is 3.04. The van der Waals surface area contributed by atoms with Gasteiger partial charge < -0.3 is 26.4 Å². The molecule has 1 aliphatic rings. The summed E-state index contributed by atoms with van der Waals surface area (Å²) in [6.45, 7) is 4.00. The zero-order valence-corrected chi connectivity index (χ0v) is 10.1. The van der Waals surface area contributed by atoms with E-state index >= 15 is 0 Å². The Morgan fingerprint density at radius 3 is 2.83 bits per heavy atom. The van der Waals surface area contributed by atoms with Crippen molar-refractivity contribution in [3.05, 3.63) is 23.8 Å². The summed E-state index contributed by atoms with van der Waals surface area (Å²) in [6.07, 6.45) is -1.02. The Labute approximate surface area is 106 Å². The van der Waals surface area contributed by atoms with E-state index in [9.17, 15) is 4.79 Å². The molecule has 0 spiro atoms. The van der Waals surface area contributed by atoms with Crippen molar-refractivity contribution in [3.8, 4) is 0 Å². The molecule has 6 nitrogen and oxygen atoms in total. The third-order valence-corrected chi connectivity index (χ3v) is 2.99. The zero-order chi connectivity index (χ0) is 13.0. The van der Waals surface area contributed by atoms with Crippen LogP contribution in [0.3, 0.4) is 0 Å². The molecular weight excluding hydrogens is 232 g/mol. The minimum absolute atomic E-state index is 0.277. The van der Waals surface area contributed by atoms with E-state index in [1.807, 2.05) is 18.2 Å². The number of piperazine rings is 1. The summed E-state index contributed by atoms with van der Waals surface area (Å²) in [7, 11) is 0. The molecule has 1 fully saturated rings. The van der Waals surface area contributed by atoms with Crippen molar-refractivity contribution in [1.29, 1.82) is 0 Å². The van der Waals surface area contributed by atoms with E-state index in [0.29, 0.717) is 5.69 Å². The second-order valence-electron chi connectivity index (χ2n) is 4.28. The fraction of sp³-hybridized carbons (Fsp3) is 0.417. The number of anilines is 2. The quantitative estimate of drug-likeness (QED) is 0.585. The fourth-order valence-electron chi connectivity index (χ4n) is 2.13. The van der Waals surface area contributed by atoms with Crippen LogP contribution in [0.2, 0.25) is 0 Å². The standard InChI is InChI=1S/C12H18N4O2/c13-10-1-2-11(16-5-3-14-4-6-16)9(7-10)8-15-12(17)18/h1-2,7,14-15H,3-6,8,13H2,(H,17,18). The molecule has 1 saturated heterocycles. The maximum absolute atomic E-state index is 10.6. The number of hydrogen-bond acceptors (Lipinski definition) is 4. The number of carbonyl (C=O) groups is 1. The molecule has 1 aromatic carbocycles. The molecule has 0 aromatic heterocycles. The number of nitrogens with two attached hydrogens (primary N) is 1. The highest BCUT2D eigenvalue weighted by atomic mass is 16.4. The highest BCUT2D eigenvalue weighted by molar-refractivity contribution is 5.66. The Hall–Kier alpha value is -1.95. The summed E-state index contributed by atoms with van der Waals surface area (Å²) in [4.78, 5) is 12.8. The average Bonchev–Trinajstić information content (AvgIpc) is 2.37. The van der Waals surface area contributed by atoms with Gasteiger partial charge in [-0.3, -0.25) is 0 Å². The lowest BCUT2D eigenvalue weighted by molar-refractivity contribution is 0.194. The van der Waals surface area contributed by atoms with Gasteiger partial charge in [0, 0.05) is 44.1 Å². The van der Waals surface area contributed by atoms with Gasteiger partial charge >= 0.3 is 6.09 Å². The van der Waals surface area contributed by atoms with Crippen molar-refractivity contribution < 1.29 is 9.90 Å². The highest BCUT2D eigenvalue weighted by Crippen LogP contribution is 2.23. The van der Waals surface area contributed by atoms with Crippen LogP contribution in [0.4, 0.5) is 16.2 Å². The molecule has 0 radical (unpaired) electrons. The molecule has 1 aromatic rings. The summed E-state index contributed by atoms with van der Waals surface area (Å²) in [6, 6.07) is 5.63. The van der Waals surface area contributed by atoms with Gasteiger partial charge in [-0.05, 0) is 23.8 Å². The third-order valence-electron chi connectivity index (χ3n) is 2.99. The number of hydrogen-bond donors (Lipinski definition) is 4. The van der Waals surface area contributed by atoms with Crippen LogP contribution < -0.4 is 21.3 Å². The van der Waals surface area contributed by atoms with Crippen LogP contribution in [-0.2, 0) is 6.54 Å². The molecule has 6 heteroatoms. The van der Waals surface area contributed by atoms with Crippen LogP contribution in [-0.4, -0.2) is 37.4 Å². The summed E-state index contributed by atoms with van der Waals surface area (Å²) in [5.41, 5.74) is 8.38. The van der Waals surface area contributed by atoms with Crippen LogP contribution in [0.5, 0.6) is 0 Å². The van der Waals surface area contributed by atoms with E-state index in [2.05, 4.69) is 15.5 Å².